The smallest absolute Gasteiger partial charge is 0.256 e. The minimum Gasteiger partial charge on any atom is -0.388 e. The number of alkyl halides is 3. The van der Waals surface area contributed by atoms with Gasteiger partial charge in [-0.25, -0.2) is 13.2 Å². The normalized spacial score (nSPS) is 29.0. The molecule has 1 aromatic rings. The summed E-state index contributed by atoms with van der Waals surface area (Å²) in [6.07, 6.45) is -6.49. The Labute approximate surface area is 126 Å². The predicted octanol–water partition coefficient (Wildman–Crippen LogP) is 1.34. The fourth-order valence-electron chi connectivity index (χ4n) is 2.81. The number of nitrogens with zero attached hydrogens (tertiary/aromatic N) is 1. The first kappa shape index (κ1) is 16.8. The number of aliphatic hydroxyl groups is 1. The van der Waals surface area contributed by atoms with E-state index in [0.717, 1.165) is 5.56 Å². The van der Waals surface area contributed by atoms with Crippen molar-refractivity contribution in [2.75, 3.05) is 6.54 Å². The molecule has 1 aliphatic rings. The van der Waals surface area contributed by atoms with Gasteiger partial charge in [0.1, 0.15) is 18.3 Å². The number of amides is 1. The lowest BCUT2D eigenvalue weighted by atomic mass is 10.1. The molecule has 7 heteroatoms. The number of hydrogen-bond donors (Lipinski definition) is 2. The van der Waals surface area contributed by atoms with Crippen LogP contribution in [0, 0.1) is 0 Å². The predicted molar refractivity (Wildman–Crippen MR) is 75.2 cm³/mol. The largest absolute Gasteiger partial charge is 0.388 e. The summed E-state index contributed by atoms with van der Waals surface area (Å²) in [6, 6.07) is 6.22. The first-order chi connectivity index (χ1) is 10.4. The molecule has 0 saturated carbocycles. The average molecular weight is 316 g/mol. The first-order valence-corrected chi connectivity index (χ1v) is 7.06. The van der Waals surface area contributed by atoms with Crippen molar-refractivity contribution >= 4 is 5.91 Å². The van der Waals surface area contributed by atoms with E-state index in [2.05, 4.69) is 5.32 Å². The molecule has 1 amide bonds. The van der Waals surface area contributed by atoms with Crippen molar-refractivity contribution in [3.8, 4) is 0 Å². The highest BCUT2D eigenvalue weighted by atomic mass is 19.3. The number of carbonyl (C=O) groups excluding carboxylic acids is 1. The second-order valence-electron chi connectivity index (χ2n) is 5.42. The number of halogens is 3. The standard InChI is InChI=1S/C15H19F3N2O2/c1-9(21)19-7-11-12(16)14(22)13(15(17)18)20(11)8-10-5-3-2-4-6-10/h2-6,11-15,22H,7-8H2,1H3,(H,19,21). The maximum atomic E-state index is 14.2. The van der Waals surface area contributed by atoms with Crippen molar-refractivity contribution in [2.24, 2.45) is 0 Å². The summed E-state index contributed by atoms with van der Waals surface area (Å²) < 4.78 is 40.7. The Morgan fingerprint density at radius 3 is 2.55 bits per heavy atom. The van der Waals surface area contributed by atoms with Crippen LogP contribution in [-0.4, -0.2) is 53.2 Å². The summed E-state index contributed by atoms with van der Waals surface area (Å²) in [4.78, 5) is 12.2. The Hall–Kier alpha value is -1.60. The van der Waals surface area contributed by atoms with E-state index in [-0.39, 0.29) is 19.0 Å². The van der Waals surface area contributed by atoms with Gasteiger partial charge in [-0.1, -0.05) is 30.3 Å². The van der Waals surface area contributed by atoms with E-state index in [1.807, 2.05) is 0 Å². The van der Waals surface area contributed by atoms with Crippen LogP contribution in [0.25, 0.3) is 0 Å². The van der Waals surface area contributed by atoms with Gasteiger partial charge >= 0.3 is 0 Å². The van der Waals surface area contributed by atoms with E-state index in [9.17, 15) is 23.1 Å². The van der Waals surface area contributed by atoms with Crippen LogP contribution < -0.4 is 5.32 Å². The number of hydrogen-bond acceptors (Lipinski definition) is 3. The van der Waals surface area contributed by atoms with Crippen molar-refractivity contribution in [1.29, 1.82) is 0 Å². The maximum Gasteiger partial charge on any atom is 0.256 e. The molecule has 0 radical (unpaired) electrons. The fraction of sp³-hybridized carbons (Fsp3) is 0.533. The minimum atomic E-state index is -2.88. The van der Waals surface area contributed by atoms with Crippen molar-refractivity contribution in [3.05, 3.63) is 35.9 Å². The van der Waals surface area contributed by atoms with Gasteiger partial charge in [-0.05, 0) is 5.56 Å². The van der Waals surface area contributed by atoms with Crippen LogP contribution in [-0.2, 0) is 11.3 Å². The number of benzene rings is 1. The molecule has 2 rings (SSSR count). The second kappa shape index (κ2) is 7.11. The zero-order chi connectivity index (χ0) is 16.3. The summed E-state index contributed by atoms with van der Waals surface area (Å²) in [5.41, 5.74) is 0.738. The Morgan fingerprint density at radius 1 is 1.36 bits per heavy atom. The van der Waals surface area contributed by atoms with E-state index in [4.69, 9.17) is 0 Å². The van der Waals surface area contributed by atoms with Crippen molar-refractivity contribution in [1.82, 2.24) is 10.2 Å². The van der Waals surface area contributed by atoms with Gasteiger partial charge in [0, 0.05) is 20.0 Å². The Balaban J connectivity index is 2.22. The highest BCUT2D eigenvalue weighted by molar-refractivity contribution is 5.72. The van der Waals surface area contributed by atoms with E-state index in [1.54, 1.807) is 30.3 Å². The summed E-state index contributed by atoms with van der Waals surface area (Å²) in [5, 5.41) is 12.2. The van der Waals surface area contributed by atoms with E-state index >= 15 is 0 Å². The summed E-state index contributed by atoms with van der Waals surface area (Å²) >= 11 is 0. The van der Waals surface area contributed by atoms with Gasteiger partial charge in [0.15, 0.2) is 0 Å². The molecule has 4 unspecified atom stereocenters. The zero-order valence-corrected chi connectivity index (χ0v) is 12.1. The van der Waals surface area contributed by atoms with Crippen molar-refractivity contribution < 1.29 is 23.1 Å². The molecule has 2 N–H and O–H groups in total. The second-order valence-corrected chi connectivity index (χ2v) is 5.42. The van der Waals surface area contributed by atoms with Gasteiger partial charge in [-0.15, -0.1) is 0 Å². The van der Waals surface area contributed by atoms with Crippen molar-refractivity contribution in [3.63, 3.8) is 0 Å². The quantitative estimate of drug-likeness (QED) is 0.862. The van der Waals surface area contributed by atoms with Crippen LogP contribution in [0.1, 0.15) is 12.5 Å². The van der Waals surface area contributed by atoms with E-state index in [0.29, 0.717) is 0 Å². The molecule has 4 nitrogen and oxygen atoms in total. The molecule has 22 heavy (non-hydrogen) atoms. The highest BCUT2D eigenvalue weighted by Gasteiger charge is 2.52. The third-order valence-electron chi connectivity index (χ3n) is 3.88. The summed E-state index contributed by atoms with van der Waals surface area (Å²) in [6.45, 7) is 1.23. The molecule has 1 aromatic carbocycles. The molecule has 1 heterocycles. The maximum absolute atomic E-state index is 14.2. The number of rotatable bonds is 5. The third-order valence-corrected chi connectivity index (χ3v) is 3.88. The average Bonchev–Trinajstić information content (AvgIpc) is 2.69. The van der Waals surface area contributed by atoms with Gasteiger partial charge in [0.25, 0.3) is 6.43 Å². The van der Waals surface area contributed by atoms with Gasteiger partial charge in [-0.3, -0.25) is 9.69 Å². The summed E-state index contributed by atoms with van der Waals surface area (Å²) in [5.74, 6) is -0.373. The molecule has 0 spiro atoms. The van der Waals surface area contributed by atoms with Gasteiger partial charge in [0.05, 0.1) is 6.04 Å². The van der Waals surface area contributed by atoms with Gasteiger partial charge in [-0.2, -0.15) is 0 Å². The van der Waals surface area contributed by atoms with Gasteiger partial charge in [0.2, 0.25) is 5.91 Å². The highest BCUT2D eigenvalue weighted by Crippen LogP contribution is 2.32. The number of nitrogens with one attached hydrogen (secondary N) is 1. The van der Waals surface area contributed by atoms with Crippen LogP contribution >= 0.6 is 0 Å². The van der Waals surface area contributed by atoms with Crippen LogP contribution in [0.3, 0.4) is 0 Å². The van der Waals surface area contributed by atoms with E-state index < -0.39 is 30.8 Å². The van der Waals surface area contributed by atoms with Crippen LogP contribution in [0.4, 0.5) is 13.2 Å². The lowest BCUT2D eigenvalue weighted by molar-refractivity contribution is -0.119. The molecule has 0 aliphatic carbocycles. The molecule has 0 aromatic heterocycles. The third kappa shape index (κ3) is 3.59. The Morgan fingerprint density at radius 2 is 2.00 bits per heavy atom. The Kier molecular flexibility index (Phi) is 5.42. The minimum absolute atomic E-state index is 0.0809. The molecule has 1 saturated heterocycles. The zero-order valence-electron chi connectivity index (χ0n) is 12.1. The number of likely N-dealkylation sites (tertiary alicyclic amines) is 1. The van der Waals surface area contributed by atoms with Crippen LogP contribution in [0.5, 0.6) is 0 Å². The Bertz CT molecular complexity index is 501. The monoisotopic (exact) mass is 316 g/mol. The topological polar surface area (TPSA) is 52.6 Å². The molecule has 4 atom stereocenters. The lowest BCUT2D eigenvalue weighted by Crippen LogP contribution is -2.47. The molecular formula is C15H19F3N2O2. The number of carbonyl (C=O) groups is 1. The molecule has 0 bridgehead atoms. The molecular weight excluding hydrogens is 297 g/mol. The van der Waals surface area contributed by atoms with Crippen LogP contribution in [0.15, 0.2) is 30.3 Å². The molecule has 1 fully saturated rings. The van der Waals surface area contributed by atoms with Crippen LogP contribution in [0.2, 0.25) is 0 Å². The fourth-order valence-corrected chi connectivity index (χ4v) is 2.81. The summed E-state index contributed by atoms with van der Waals surface area (Å²) in [7, 11) is 0. The SMILES string of the molecule is CC(=O)NCC1C(F)C(O)C(C(F)F)N1Cc1ccccc1. The van der Waals surface area contributed by atoms with Crippen molar-refractivity contribution in [2.45, 2.75) is 44.3 Å². The van der Waals surface area contributed by atoms with E-state index in [1.165, 1.54) is 11.8 Å². The first-order valence-electron chi connectivity index (χ1n) is 7.06. The molecule has 1 aliphatic heterocycles. The van der Waals surface area contributed by atoms with Gasteiger partial charge < -0.3 is 10.4 Å². The number of aliphatic hydroxyl groups excluding tert-OH is 1. The lowest BCUT2D eigenvalue weighted by Gasteiger charge is -2.30. The molecule has 122 valence electrons.